The minimum absolute atomic E-state index is 0.105. The minimum Gasteiger partial charge on any atom is -0.376 e. The minimum atomic E-state index is -0.105. The van der Waals surface area contributed by atoms with Crippen LogP contribution in [0.1, 0.15) is 22.6 Å². The molecule has 0 saturated carbocycles. The molecule has 1 N–H and O–H groups in total. The molecule has 0 spiro atoms. The van der Waals surface area contributed by atoms with Crippen LogP contribution in [0.2, 0.25) is 0 Å². The number of hydrogen-bond donors (Lipinski definition) is 1. The SMILES string of the molecule is O=C(NCC1CCCO1)c1nc2ccccc2s1. The Hall–Kier alpha value is -1.46. The number of ether oxygens (including phenoxy) is 1. The summed E-state index contributed by atoms with van der Waals surface area (Å²) in [5.74, 6) is -0.105. The molecule has 1 aliphatic rings. The van der Waals surface area contributed by atoms with Crippen LogP contribution in [-0.4, -0.2) is 30.1 Å². The Morgan fingerprint density at radius 2 is 2.39 bits per heavy atom. The van der Waals surface area contributed by atoms with E-state index in [2.05, 4.69) is 10.3 Å². The van der Waals surface area contributed by atoms with E-state index in [9.17, 15) is 4.79 Å². The molecule has 1 aliphatic heterocycles. The number of aromatic nitrogens is 1. The van der Waals surface area contributed by atoms with Gasteiger partial charge in [-0.05, 0) is 25.0 Å². The summed E-state index contributed by atoms with van der Waals surface area (Å²) in [6.45, 7) is 1.39. The van der Waals surface area contributed by atoms with Crippen molar-refractivity contribution in [3.63, 3.8) is 0 Å². The summed E-state index contributed by atoms with van der Waals surface area (Å²) in [7, 11) is 0. The van der Waals surface area contributed by atoms with Gasteiger partial charge >= 0.3 is 0 Å². The van der Waals surface area contributed by atoms with Crippen LogP contribution in [0.15, 0.2) is 24.3 Å². The highest BCUT2D eigenvalue weighted by Gasteiger charge is 2.18. The normalized spacial score (nSPS) is 19.2. The van der Waals surface area contributed by atoms with Crippen molar-refractivity contribution in [2.24, 2.45) is 0 Å². The Kier molecular flexibility index (Phi) is 3.25. The van der Waals surface area contributed by atoms with Crippen molar-refractivity contribution in [3.8, 4) is 0 Å². The molecule has 1 unspecified atom stereocenters. The van der Waals surface area contributed by atoms with Gasteiger partial charge in [0, 0.05) is 13.2 Å². The van der Waals surface area contributed by atoms with E-state index in [0.717, 1.165) is 29.7 Å². The second kappa shape index (κ2) is 5.04. The average Bonchev–Trinajstić information content (AvgIpc) is 3.04. The first-order valence-electron chi connectivity index (χ1n) is 6.08. The number of amides is 1. The van der Waals surface area contributed by atoms with Crippen LogP contribution in [-0.2, 0) is 4.74 Å². The average molecular weight is 262 g/mol. The molecule has 1 saturated heterocycles. The van der Waals surface area contributed by atoms with Crippen LogP contribution in [0.3, 0.4) is 0 Å². The molecule has 5 heteroatoms. The number of nitrogens with one attached hydrogen (secondary N) is 1. The third kappa shape index (κ3) is 2.37. The summed E-state index contributed by atoms with van der Waals surface area (Å²) >= 11 is 1.42. The summed E-state index contributed by atoms with van der Waals surface area (Å²) in [6, 6.07) is 7.78. The molecular weight excluding hydrogens is 248 g/mol. The van der Waals surface area contributed by atoms with E-state index >= 15 is 0 Å². The molecule has 1 aromatic heterocycles. The van der Waals surface area contributed by atoms with Gasteiger partial charge in [0.05, 0.1) is 16.3 Å². The first kappa shape index (κ1) is 11.6. The number of benzene rings is 1. The zero-order valence-electron chi connectivity index (χ0n) is 9.89. The van der Waals surface area contributed by atoms with Gasteiger partial charge in [-0.15, -0.1) is 11.3 Å². The number of fused-ring (bicyclic) bond motifs is 1. The van der Waals surface area contributed by atoms with E-state index in [1.165, 1.54) is 11.3 Å². The number of carbonyl (C=O) groups is 1. The third-order valence-electron chi connectivity index (χ3n) is 3.00. The highest BCUT2D eigenvalue weighted by Crippen LogP contribution is 2.21. The fraction of sp³-hybridized carbons (Fsp3) is 0.385. The van der Waals surface area contributed by atoms with Gasteiger partial charge in [-0.25, -0.2) is 4.98 Å². The summed E-state index contributed by atoms with van der Waals surface area (Å²) in [5, 5.41) is 3.41. The molecule has 0 radical (unpaired) electrons. The zero-order valence-corrected chi connectivity index (χ0v) is 10.7. The Bertz CT molecular complexity index is 528. The van der Waals surface area contributed by atoms with Gasteiger partial charge in [0.25, 0.3) is 5.91 Å². The summed E-state index contributed by atoms with van der Waals surface area (Å²) in [6.07, 6.45) is 2.28. The summed E-state index contributed by atoms with van der Waals surface area (Å²) in [5.41, 5.74) is 0.879. The monoisotopic (exact) mass is 262 g/mol. The molecule has 0 bridgehead atoms. The van der Waals surface area contributed by atoms with Gasteiger partial charge in [-0.1, -0.05) is 12.1 Å². The Morgan fingerprint density at radius 3 is 3.17 bits per heavy atom. The molecule has 0 aliphatic carbocycles. The largest absolute Gasteiger partial charge is 0.376 e. The van der Waals surface area contributed by atoms with E-state index in [1.54, 1.807) is 0 Å². The van der Waals surface area contributed by atoms with Gasteiger partial charge in [0.1, 0.15) is 0 Å². The molecule has 3 rings (SSSR count). The van der Waals surface area contributed by atoms with Crippen molar-refractivity contribution in [1.82, 2.24) is 10.3 Å². The predicted molar refractivity (Wildman–Crippen MR) is 70.9 cm³/mol. The first-order valence-corrected chi connectivity index (χ1v) is 6.90. The number of nitrogens with zero attached hydrogens (tertiary/aromatic N) is 1. The van der Waals surface area contributed by atoms with Gasteiger partial charge in [-0.3, -0.25) is 4.79 Å². The topological polar surface area (TPSA) is 51.2 Å². The Labute approximate surface area is 109 Å². The third-order valence-corrected chi connectivity index (χ3v) is 4.04. The van der Waals surface area contributed by atoms with E-state index in [4.69, 9.17) is 4.74 Å². The maximum Gasteiger partial charge on any atom is 0.280 e. The lowest BCUT2D eigenvalue weighted by molar-refractivity contribution is 0.0857. The van der Waals surface area contributed by atoms with Crippen molar-refractivity contribution in [2.45, 2.75) is 18.9 Å². The number of thiazole rings is 1. The van der Waals surface area contributed by atoms with Gasteiger partial charge < -0.3 is 10.1 Å². The maximum absolute atomic E-state index is 12.0. The number of hydrogen-bond acceptors (Lipinski definition) is 4. The molecule has 1 atom stereocenters. The van der Waals surface area contributed by atoms with Crippen LogP contribution >= 0.6 is 11.3 Å². The van der Waals surface area contributed by atoms with Crippen molar-refractivity contribution < 1.29 is 9.53 Å². The molecule has 2 aromatic rings. The zero-order chi connectivity index (χ0) is 12.4. The van der Waals surface area contributed by atoms with Crippen LogP contribution in [0.5, 0.6) is 0 Å². The molecule has 1 aromatic carbocycles. The standard InChI is InChI=1S/C13H14N2O2S/c16-12(14-8-9-4-3-7-17-9)13-15-10-5-1-2-6-11(10)18-13/h1-2,5-6,9H,3-4,7-8H2,(H,14,16). The lowest BCUT2D eigenvalue weighted by Crippen LogP contribution is -2.31. The lowest BCUT2D eigenvalue weighted by Gasteiger charge is -2.09. The van der Waals surface area contributed by atoms with Crippen molar-refractivity contribution >= 4 is 27.5 Å². The first-order chi connectivity index (χ1) is 8.83. The van der Waals surface area contributed by atoms with Gasteiger partial charge in [-0.2, -0.15) is 0 Å². The van der Waals surface area contributed by atoms with E-state index in [0.29, 0.717) is 11.6 Å². The highest BCUT2D eigenvalue weighted by atomic mass is 32.1. The maximum atomic E-state index is 12.0. The molecule has 94 valence electrons. The Balaban J connectivity index is 1.67. The van der Waals surface area contributed by atoms with Crippen LogP contribution in [0, 0.1) is 0 Å². The molecule has 4 nitrogen and oxygen atoms in total. The van der Waals surface area contributed by atoms with Gasteiger partial charge in [0.2, 0.25) is 0 Å². The summed E-state index contributed by atoms with van der Waals surface area (Å²) in [4.78, 5) is 16.3. The fourth-order valence-corrected chi connectivity index (χ4v) is 2.94. The predicted octanol–water partition coefficient (Wildman–Crippen LogP) is 2.21. The van der Waals surface area contributed by atoms with Gasteiger partial charge in [0.15, 0.2) is 5.01 Å². The highest BCUT2D eigenvalue weighted by molar-refractivity contribution is 7.20. The number of para-hydroxylation sites is 1. The molecule has 18 heavy (non-hydrogen) atoms. The molecular formula is C13H14N2O2S. The lowest BCUT2D eigenvalue weighted by atomic mass is 10.2. The van der Waals surface area contributed by atoms with Crippen LogP contribution in [0.4, 0.5) is 0 Å². The molecule has 1 fully saturated rings. The number of rotatable bonds is 3. The second-order valence-corrected chi connectivity index (χ2v) is 5.36. The van der Waals surface area contributed by atoms with E-state index in [-0.39, 0.29) is 12.0 Å². The molecule has 2 heterocycles. The van der Waals surface area contributed by atoms with Crippen molar-refractivity contribution in [3.05, 3.63) is 29.3 Å². The van der Waals surface area contributed by atoms with Crippen molar-refractivity contribution in [1.29, 1.82) is 0 Å². The quantitative estimate of drug-likeness (QED) is 0.922. The smallest absolute Gasteiger partial charge is 0.280 e. The van der Waals surface area contributed by atoms with E-state index in [1.807, 2.05) is 24.3 Å². The number of carbonyl (C=O) groups excluding carboxylic acids is 1. The van der Waals surface area contributed by atoms with Crippen LogP contribution < -0.4 is 5.32 Å². The fourth-order valence-electron chi connectivity index (χ4n) is 2.06. The second-order valence-electron chi connectivity index (χ2n) is 4.33. The van der Waals surface area contributed by atoms with Crippen LogP contribution in [0.25, 0.3) is 10.2 Å². The molecule has 1 amide bonds. The summed E-state index contributed by atoms with van der Waals surface area (Å²) < 4.78 is 6.51. The van der Waals surface area contributed by atoms with E-state index < -0.39 is 0 Å². The van der Waals surface area contributed by atoms with Crippen molar-refractivity contribution in [2.75, 3.05) is 13.2 Å². The Morgan fingerprint density at radius 1 is 1.50 bits per heavy atom.